The van der Waals surface area contributed by atoms with E-state index in [-0.39, 0.29) is 0 Å². The lowest BCUT2D eigenvalue weighted by Gasteiger charge is -2.24. The van der Waals surface area contributed by atoms with E-state index in [1.807, 2.05) is 19.9 Å². The monoisotopic (exact) mass is 263 g/mol. The van der Waals surface area contributed by atoms with Crippen LogP contribution in [0.1, 0.15) is 37.7 Å². The molecule has 104 valence electrons. The zero-order valence-corrected chi connectivity index (χ0v) is 11.6. The minimum atomic E-state index is -0.657. The number of aromatic nitrogens is 2. The Morgan fingerprint density at radius 1 is 1.58 bits per heavy atom. The summed E-state index contributed by atoms with van der Waals surface area (Å²) in [6, 6.07) is 1.90. The fourth-order valence-corrected chi connectivity index (χ4v) is 2.88. The molecule has 1 aliphatic heterocycles. The number of nitrogens with zero attached hydrogens (tertiary/aromatic N) is 3. The molecule has 0 radical (unpaired) electrons. The van der Waals surface area contributed by atoms with E-state index in [1.54, 1.807) is 6.20 Å². The molecule has 2 heterocycles. The maximum atomic E-state index is 11.5. The number of carboxylic acids is 1. The lowest BCUT2D eigenvalue weighted by atomic mass is 9.83. The minimum Gasteiger partial charge on any atom is -0.481 e. The predicted molar refractivity (Wildman–Crippen MR) is 71.6 cm³/mol. The first-order valence-electron chi connectivity index (χ1n) is 6.80. The van der Waals surface area contributed by atoms with Crippen LogP contribution in [0.25, 0.3) is 0 Å². The molecule has 19 heavy (non-hydrogen) atoms. The third-order valence-corrected chi connectivity index (χ3v) is 3.83. The molecular weight excluding hydrogens is 242 g/mol. The summed E-state index contributed by atoms with van der Waals surface area (Å²) in [5.74, 6) is 0.102. The van der Waals surface area contributed by atoms with Gasteiger partial charge in [-0.05, 0) is 32.4 Å². The van der Waals surface area contributed by atoms with Gasteiger partial charge in [-0.25, -0.2) is 9.97 Å². The van der Waals surface area contributed by atoms with E-state index < -0.39 is 11.4 Å². The number of aliphatic carboxylic acids is 1. The van der Waals surface area contributed by atoms with Gasteiger partial charge < -0.3 is 5.11 Å². The molecule has 1 fully saturated rings. The maximum Gasteiger partial charge on any atom is 0.310 e. The molecule has 2 rings (SSSR count). The Kier molecular flexibility index (Phi) is 4.14. The van der Waals surface area contributed by atoms with Gasteiger partial charge in [0.1, 0.15) is 5.82 Å². The van der Waals surface area contributed by atoms with Crippen molar-refractivity contribution in [1.82, 2.24) is 14.9 Å². The van der Waals surface area contributed by atoms with E-state index in [2.05, 4.69) is 14.9 Å². The largest absolute Gasteiger partial charge is 0.481 e. The number of likely N-dealkylation sites (tertiary alicyclic amines) is 1. The molecule has 0 bridgehead atoms. The Balaban J connectivity index is 2.03. The van der Waals surface area contributed by atoms with Crippen LogP contribution in [0.5, 0.6) is 0 Å². The van der Waals surface area contributed by atoms with Crippen LogP contribution in [0.2, 0.25) is 0 Å². The van der Waals surface area contributed by atoms with Gasteiger partial charge in [-0.2, -0.15) is 0 Å². The van der Waals surface area contributed by atoms with Gasteiger partial charge in [0.05, 0.1) is 11.1 Å². The number of carboxylic acid groups (broad SMARTS) is 1. The normalized spacial score (nSPS) is 23.7. The second-order valence-corrected chi connectivity index (χ2v) is 5.39. The number of carbonyl (C=O) groups is 1. The first kappa shape index (κ1) is 13.9. The van der Waals surface area contributed by atoms with Gasteiger partial charge in [0.25, 0.3) is 0 Å². The fourth-order valence-electron chi connectivity index (χ4n) is 2.88. The second kappa shape index (κ2) is 5.65. The molecule has 5 heteroatoms. The summed E-state index contributed by atoms with van der Waals surface area (Å²) in [6.07, 6.45) is 4.15. The van der Waals surface area contributed by atoms with Crippen LogP contribution in [0.4, 0.5) is 0 Å². The Morgan fingerprint density at radius 2 is 2.37 bits per heavy atom. The van der Waals surface area contributed by atoms with Crippen molar-refractivity contribution in [1.29, 1.82) is 0 Å². The molecule has 1 saturated heterocycles. The molecule has 1 aliphatic rings. The molecule has 0 aliphatic carbocycles. The molecule has 0 aromatic carbocycles. The molecule has 0 spiro atoms. The highest BCUT2D eigenvalue weighted by Gasteiger charge is 2.43. The molecule has 1 unspecified atom stereocenters. The lowest BCUT2D eigenvalue weighted by Crippen LogP contribution is -2.34. The molecule has 0 amide bonds. The van der Waals surface area contributed by atoms with Crippen molar-refractivity contribution in [3.63, 3.8) is 0 Å². The van der Waals surface area contributed by atoms with E-state index >= 15 is 0 Å². The fraction of sp³-hybridized carbons (Fsp3) is 0.643. The molecule has 0 saturated carbocycles. The van der Waals surface area contributed by atoms with Crippen molar-refractivity contribution >= 4 is 5.97 Å². The molecule has 1 aromatic rings. The van der Waals surface area contributed by atoms with Crippen LogP contribution in [0.3, 0.4) is 0 Å². The quantitative estimate of drug-likeness (QED) is 0.878. The number of hydrogen-bond acceptors (Lipinski definition) is 4. The second-order valence-electron chi connectivity index (χ2n) is 5.39. The maximum absolute atomic E-state index is 11.5. The Morgan fingerprint density at radius 3 is 3.00 bits per heavy atom. The van der Waals surface area contributed by atoms with Crippen molar-refractivity contribution < 1.29 is 9.90 Å². The summed E-state index contributed by atoms with van der Waals surface area (Å²) in [7, 11) is 0. The molecule has 1 N–H and O–H groups in total. The average molecular weight is 263 g/mol. The van der Waals surface area contributed by atoms with E-state index in [0.29, 0.717) is 13.1 Å². The third kappa shape index (κ3) is 3.10. The summed E-state index contributed by atoms with van der Waals surface area (Å²) in [6.45, 7) is 6.07. The van der Waals surface area contributed by atoms with Crippen LogP contribution in [0.15, 0.2) is 12.3 Å². The molecule has 1 aromatic heterocycles. The summed E-state index contributed by atoms with van der Waals surface area (Å²) >= 11 is 0. The van der Waals surface area contributed by atoms with Crippen LogP contribution in [-0.2, 0) is 11.3 Å². The summed E-state index contributed by atoms with van der Waals surface area (Å²) in [4.78, 5) is 22.2. The lowest BCUT2D eigenvalue weighted by molar-refractivity contribution is -0.148. The highest BCUT2D eigenvalue weighted by atomic mass is 16.4. The van der Waals surface area contributed by atoms with Gasteiger partial charge in [-0.3, -0.25) is 9.69 Å². The Bertz CT molecular complexity index is 464. The van der Waals surface area contributed by atoms with Crippen LogP contribution in [0, 0.1) is 12.3 Å². The molecule has 5 nitrogen and oxygen atoms in total. The number of rotatable bonds is 5. The Labute approximate surface area is 113 Å². The zero-order chi connectivity index (χ0) is 13.9. The predicted octanol–water partition coefficient (Wildman–Crippen LogP) is 1.86. The van der Waals surface area contributed by atoms with Crippen LogP contribution >= 0.6 is 0 Å². The average Bonchev–Trinajstić information content (AvgIpc) is 2.74. The highest BCUT2D eigenvalue weighted by molar-refractivity contribution is 5.75. The van der Waals surface area contributed by atoms with E-state index in [4.69, 9.17) is 0 Å². The first-order valence-corrected chi connectivity index (χ1v) is 6.80. The highest BCUT2D eigenvalue weighted by Crippen LogP contribution is 2.36. The van der Waals surface area contributed by atoms with Crippen molar-refractivity contribution in [3.8, 4) is 0 Å². The van der Waals surface area contributed by atoms with E-state index in [1.165, 1.54) is 0 Å². The number of aryl methyl sites for hydroxylation is 1. The molecular formula is C14H21N3O2. The van der Waals surface area contributed by atoms with Gasteiger partial charge in [-0.15, -0.1) is 0 Å². The third-order valence-electron chi connectivity index (χ3n) is 3.83. The Hall–Kier alpha value is -1.49. The van der Waals surface area contributed by atoms with E-state index in [9.17, 15) is 9.90 Å². The summed E-state index contributed by atoms with van der Waals surface area (Å²) in [5, 5.41) is 9.47. The van der Waals surface area contributed by atoms with Crippen molar-refractivity contribution in [2.24, 2.45) is 5.41 Å². The summed E-state index contributed by atoms with van der Waals surface area (Å²) in [5.41, 5.74) is 0.404. The topological polar surface area (TPSA) is 66.3 Å². The van der Waals surface area contributed by atoms with Gasteiger partial charge >= 0.3 is 5.97 Å². The zero-order valence-electron chi connectivity index (χ0n) is 11.6. The summed E-state index contributed by atoms with van der Waals surface area (Å²) < 4.78 is 0. The van der Waals surface area contributed by atoms with Gasteiger partial charge in [0, 0.05) is 19.3 Å². The number of hydrogen-bond donors (Lipinski definition) is 1. The van der Waals surface area contributed by atoms with Gasteiger partial charge in [-0.1, -0.05) is 13.3 Å². The van der Waals surface area contributed by atoms with Crippen LogP contribution in [-0.4, -0.2) is 39.0 Å². The SMILES string of the molecule is CCCC1(C(=O)O)CCN(Cc2ccnc(C)n2)C1. The standard InChI is InChI=1S/C14H21N3O2/c1-3-5-14(13(18)19)6-8-17(10-14)9-12-4-7-15-11(2)16-12/h4,7H,3,5-6,8-10H2,1-2H3,(H,18,19). The molecule has 1 atom stereocenters. The van der Waals surface area contributed by atoms with Crippen molar-refractivity contribution in [3.05, 3.63) is 23.8 Å². The van der Waals surface area contributed by atoms with E-state index in [0.717, 1.165) is 37.3 Å². The minimum absolute atomic E-state index is 0.559. The first-order chi connectivity index (χ1) is 9.05. The van der Waals surface area contributed by atoms with Gasteiger partial charge in [0.2, 0.25) is 0 Å². The van der Waals surface area contributed by atoms with Crippen molar-refractivity contribution in [2.75, 3.05) is 13.1 Å². The van der Waals surface area contributed by atoms with Gasteiger partial charge in [0.15, 0.2) is 0 Å². The smallest absolute Gasteiger partial charge is 0.310 e. The van der Waals surface area contributed by atoms with Crippen molar-refractivity contribution in [2.45, 2.75) is 39.7 Å². The van der Waals surface area contributed by atoms with Crippen LogP contribution < -0.4 is 0 Å².